The molecular weight excluding hydrogens is 280 g/mol. The van der Waals surface area contributed by atoms with Crippen LogP contribution < -0.4 is 11.1 Å². The Morgan fingerprint density at radius 3 is 2.53 bits per heavy atom. The number of carbonyl (C=O) groups excluding carboxylic acids is 1. The van der Waals surface area contributed by atoms with Gasteiger partial charge in [0, 0.05) is 17.5 Å². The number of nitrogens with two attached hydrogens (primary N) is 1. The highest BCUT2D eigenvalue weighted by molar-refractivity contribution is 8.00. The number of carbonyl (C=O) groups is 1. The summed E-state index contributed by atoms with van der Waals surface area (Å²) >= 11 is 1.61. The summed E-state index contributed by atoms with van der Waals surface area (Å²) in [5, 5.41) is 2.92. The van der Waals surface area contributed by atoms with Gasteiger partial charge >= 0.3 is 0 Å². The van der Waals surface area contributed by atoms with Crippen LogP contribution in [0, 0.1) is 0 Å². The normalized spacial score (nSPS) is 13.2. The molecule has 0 aliphatic carbocycles. The molecule has 0 saturated carbocycles. The second kappa shape index (κ2) is 10.1. The molecule has 3 nitrogen and oxygen atoms in total. The summed E-state index contributed by atoms with van der Waals surface area (Å²) in [6.07, 6.45) is 1.64. The van der Waals surface area contributed by atoms with Gasteiger partial charge in [-0.15, -0.1) is 24.2 Å². The van der Waals surface area contributed by atoms with E-state index in [0.29, 0.717) is 6.54 Å². The Morgan fingerprint density at radius 1 is 1.37 bits per heavy atom. The Hall–Kier alpha value is -0.710. The third-order valence-corrected chi connectivity index (χ3v) is 3.96. The van der Waals surface area contributed by atoms with Gasteiger partial charge < -0.3 is 11.1 Å². The first kappa shape index (κ1) is 18.3. The summed E-state index contributed by atoms with van der Waals surface area (Å²) in [6, 6.07) is 10.2. The van der Waals surface area contributed by atoms with E-state index >= 15 is 0 Å². The second-order valence-electron chi connectivity index (χ2n) is 4.38. The molecule has 2 atom stereocenters. The number of nitrogens with one attached hydrogen (secondary N) is 1. The van der Waals surface area contributed by atoms with Gasteiger partial charge in [0.15, 0.2) is 0 Å². The van der Waals surface area contributed by atoms with E-state index in [1.54, 1.807) is 11.8 Å². The van der Waals surface area contributed by atoms with Crippen molar-refractivity contribution in [2.24, 2.45) is 5.73 Å². The number of hydrogen-bond donors (Lipinski definition) is 2. The molecule has 1 rings (SSSR count). The highest BCUT2D eigenvalue weighted by atomic mass is 35.5. The topological polar surface area (TPSA) is 55.1 Å². The first-order valence-electron chi connectivity index (χ1n) is 6.38. The van der Waals surface area contributed by atoms with Gasteiger partial charge in [0.05, 0.1) is 5.25 Å². The predicted molar refractivity (Wildman–Crippen MR) is 84.9 cm³/mol. The second-order valence-corrected chi connectivity index (χ2v) is 5.66. The van der Waals surface area contributed by atoms with Crippen molar-refractivity contribution in [2.75, 3.05) is 6.54 Å². The predicted octanol–water partition coefficient (Wildman–Crippen LogP) is 2.83. The molecule has 0 aromatic heterocycles. The van der Waals surface area contributed by atoms with E-state index < -0.39 is 0 Å². The number of rotatable bonds is 7. The van der Waals surface area contributed by atoms with E-state index in [2.05, 4.69) is 5.32 Å². The molecule has 1 amide bonds. The molecule has 5 heteroatoms. The first-order chi connectivity index (χ1) is 8.63. The van der Waals surface area contributed by atoms with Gasteiger partial charge in [0.1, 0.15) is 0 Å². The van der Waals surface area contributed by atoms with Gasteiger partial charge in [-0.3, -0.25) is 4.79 Å². The lowest BCUT2D eigenvalue weighted by molar-refractivity contribution is -0.120. The fourth-order valence-electron chi connectivity index (χ4n) is 1.52. The summed E-state index contributed by atoms with van der Waals surface area (Å²) in [5.74, 6) is 0.104. The zero-order chi connectivity index (χ0) is 13.4. The summed E-state index contributed by atoms with van der Waals surface area (Å²) < 4.78 is 0. The minimum absolute atomic E-state index is 0. The van der Waals surface area contributed by atoms with E-state index in [9.17, 15) is 4.79 Å². The van der Waals surface area contributed by atoms with E-state index in [0.717, 1.165) is 17.7 Å². The highest BCUT2D eigenvalue weighted by Crippen LogP contribution is 2.24. The molecule has 0 radical (unpaired) electrons. The molecule has 1 aromatic carbocycles. The van der Waals surface area contributed by atoms with Crippen molar-refractivity contribution in [3.05, 3.63) is 30.3 Å². The first-order valence-corrected chi connectivity index (χ1v) is 7.26. The Morgan fingerprint density at radius 2 is 2.00 bits per heavy atom. The minimum Gasteiger partial charge on any atom is -0.355 e. The smallest absolute Gasteiger partial charge is 0.233 e. The van der Waals surface area contributed by atoms with Crippen LogP contribution in [0.5, 0.6) is 0 Å². The molecular formula is C14H23ClN2OS. The Labute approximate surface area is 126 Å². The number of halogens is 1. The van der Waals surface area contributed by atoms with Crippen LogP contribution in [0.15, 0.2) is 35.2 Å². The van der Waals surface area contributed by atoms with Crippen molar-refractivity contribution < 1.29 is 4.79 Å². The van der Waals surface area contributed by atoms with Crippen molar-refractivity contribution in [3.63, 3.8) is 0 Å². The van der Waals surface area contributed by atoms with Crippen molar-refractivity contribution in [2.45, 2.75) is 42.9 Å². The number of benzene rings is 1. The number of thioether (sulfide) groups is 1. The molecule has 108 valence electrons. The lowest BCUT2D eigenvalue weighted by Crippen LogP contribution is -2.35. The van der Waals surface area contributed by atoms with E-state index in [-0.39, 0.29) is 29.6 Å². The average molecular weight is 303 g/mol. The number of amides is 1. The monoisotopic (exact) mass is 302 g/mol. The lowest BCUT2D eigenvalue weighted by Gasteiger charge is -2.15. The van der Waals surface area contributed by atoms with Crippen LogP contribution in [0.2, 0.25) is 0 Å². The van der Waals surface area contributed by atoms with Crippen molar-refractivity contribution in [1.29, 1.82) is 0 Å². The maximum Gasteiger partial charge on any atom is 0.233 e. The van der Waals surface area contributed by atoms with Gasteiger partial charge in [0.2, 0.25) is 5.91 Å². The molecule has 3 N–H and O–H groups in total. The maximum absolute atomic E-state index is 12.0. The molecule has 1 aromatic rings. The largest absolute Gasteiger partial charge is 0.355 e. The van der Waals surface area contributed by atoms with Gasteiger partial charge in [-0.25, -0.2) is 0 Å². The standard InChI is InChI=1S/C14H22N2OS.ClH/c1-3-13(14(17)16-10-9-11(2)15)18-12-7-5-4-6-8-12;/h4-8,11,13H,3,9-10,15H2,1-2H3,(H,16,17);1H. The molecule has 0 fully saturated rings. The highest BCUT2D eigenvalue weighted by Gasteiger charge is 2.17. The van der Waals surface area contributed by atoms with Crippen LogP contribution in [0.3, 0.4) is 0 Å². The fraction of sp³-hybridized carbons (Fsp3) is 0.500. The maximum atomic E-state index is 12.0. The Bertz CT molecular complexity index is 360. The number of hydrogen-bond acceptors (Lipinski definition) is 3. The Balaban J connectivity index is 0.00000324. The summed E-state index contributed by atoms with van der Waals surface area (Å²) in [6.45, 7) is 4.64. The van der Waals surface area contributed by atoms with Crippen LogP contribution >= 0.6 is 24.2 Å². The molecule has 0 saturated heterocycles. The fourth-order valence-corrected chi connectivity index (χ4v) is 2.52. The van der Waals surface area contributed by atoms with Crippen LogP contribution in [0.25, 0.3) is 0 Å². The van der Waals surface area contributed by atoms with Crippen LogP contribution in [-0.2, 0) is 4.79 Å². The third-order valence-electron chi connectivity index (χ3n) is 2.58. The SMILES string of the molecule is CCC(Sc1ccccc1)C(=O)NCCC(C)N.Cl. The van der Waals surface area contributed by atoms with Crippen LogP contribution in [0.1, 0.15) is 26.7 Å². The van der Waals surface area contributed by atoms with Gasteiger partial charge in [-0.1, -0.05) is 25.1 Å². The van der Waals surface area contributed by atoms with Crippen LogP contribution in [-0.4, -0.2) is 23.7 Å². The van der Waals surface area contributed by atoms with Crippen molar-refractivity contribution >= 4 is 30.1 Å². The van der Waals surface area contributed by atoms with Crippen molar-refractivity contribution in [3.8, 4) is 0 Å². The molecule has 0 bridgehead atoms. The molecule has 2 unspecified atom stereocenters. The van der Waals surface area contributed by atoms with E-state index in [1.807, 2.05) is 44.2 Å². The van der Waals surface area contributed by atoms with Crippen molar-refractivity contribution in [1.82, 2.24) is 5.32 Å². The molecule has 0 spiro atoms. The quantitative estimate of drug-likeness (QED) is 0.762. The summed E-state index contributed by atoms with van der Waals surface area (Å²) in [5.41, 5.74) is 5.65. The third kappa shape index (κ3) is 7.45. The van der Waals surface area contributed by atoms with Gasteiger partial charge in [-0.05, 0) is 31.9 Å². The van der Waals surface area contributed by atoms with Crippen LogP contribution in [0.4, 0.5) is 0 Å². The van der Waals surface area contributed by atoms with Gasteiger partial charge in [-0.2, -0.15) is 0 Å². The molecule has 0 aliphatic rings. The zero-order valence-electron chi connectivity index (χ0n) is 11.5. The lowest BCUT2D eigenvalue weighted by atomic mass is 10.2. The summed E-state index contributed by atoms with van der Waals surface area (Å²) in [7, 11) is 0. The minimum atomic E-state index is -0.0273. The van der Waals surface area contributed by atoms with Gasteiger partial charge in [0.25, 0.3) is 0 Å². The molecule has 19 heavy (non-hydrogen) atoms. The molecule has 0 aliphatic heterocycles. The zero-order valence-corrected chi connectivity index (χ0v) is 13.1. The molecule has 0 heterocycles. The van der Waals surface area contributed by atoms with E-state index in [4.69, 9.17) is 5.73 Å². The summed E-state index contributed by atoms with van der Waals surface area (Å²) in [4.78, 5) is 13.1. The average Bonchev–Trinajstić information content (AvgIpc) is 2.36. The Kier molecular flexibility index (Phi) is 9.74. The van der Waals surface area contributed by atoms with E-state index in [1.165, 1.54) is 0 Å².